The minimum Gasteiger partial charge on any atom is -0.510 e. The molecule has 3 aromatic heterocycles. The molecule has 0 atom stereocenters. The van der Waals surface area contributed by atoms with Crippen LogP contribution in [-0.2, 0) is 37.3 Å². The number of nitrogens with zero attached hydrogens (tertiary/aromatic N) is 4. The molecule has 0 saturated heterocycles. The van der Waals surface area contributed by atoms with E-state index in [1.54, 1.807) is 45.5 Å². The van der Waals surface area contributed by atoms with Gasteiger partial charge in [0.25, 0.3) is 6.33 Å². The Morgan fingerprint density at radius 2 is 1.24 bits per heavy atom. The summed E-state index contributed by atoms with van der Waals surface area (Å²) in [7, 11) is 0. The molecular weight excluding hydrogens is 1130 g/mol. The summed E-state index contributed by atoms with van der Waals surface area (Å²) in [5.74, 6) is 1.30. The number of hydrogen-bond donors (Lipinski definition) is 0. The van der Waals surface area contributed by atoms with Gasteiger partial charge in [0, 0.05) is 66.2 Å². The summed E-state index contributed by atoms with van der Waals surface area (Å²) in [5.41, 5.74) is -2.77. The van der Waals surface area contributed by atoms with Gasteiger partial charge in [-0.1, -0.05) is 199 Å². The van der Waals surface area contributed by atoms with Crippen LogP contribution in [0.3, 0.4) is 0 Å². The molecule has 0 radical (unpaired) electrons. The molecule has 0 saturated carbocycles. The van der Waals surface area contributed by atoms with E-state index >= 15 is 0 Å². The number of benzene rings is 9. The first kappa shape index (κ1) is 32.6. The van der Waals surface area contributed by atoms with E-state index in [1.807, 2.05) is 103 Å². The number of fused-ring (bicyclic) bond motifs is 11. The van der Waals surface area contributed by atoms with Crippen LogP contribution in [0.25, 0.3) is 106 Å². The van der Waals surface area contributed by atoms with Crippen LogP contribution in [0, 0.1) is 18.5 Å². The number of para-hydroxylation sites is 2. The van der Waals surface area contributed by atoms with Crippen LogP contribution < -0.4 is 9.30 Å². The molecule has 78 heavy (non-hydrogen) atoms. The van der Waals surface area contributed by atoms with Gasteiger partial charge in [-0.05, 0) is 131 Å². The van der Waals surface area contributed by atoms with E-state index in [0.717, 1.165) is 44.1 Å². The number of pyridine rings is 1. The Hall–Kier alpha value is -8.11. The van der Waals surface area contributed by atoms with Gasteiger partial charge in [-0.2, -0.15) is 18.2 Å². The third-order valence-corrected chi connectivity index (χ3v) is 14.7. The first-order chi connectivity index (χ1) is 45.1. The fourth-order valence-electron chi connectivity index (χ4n) is 11.0. The number of hydrogen-bond acceptors (Lipinski definition) is 2. The van der Waals surface area contributed by atoms with Crippen LogP contribution in [0.15, 0.2) is 200 Å². The Morgan fingerprint density at radius 3 is 2.00 bits per heavy atom. The minimum atomic E-state index is -4.52. The molecule has 0 spiro atoms. The van der Waals surface area contributed by atoms with Crippen LogP contribution in [0.1, 0.15) is 104 Å². The summed E-state index contributed by atoms with van der Waals surface area (Å²) in [4.78, 5) is 4.90. The van der Waals surface area contributed by atoms with Crippen molar-refractivity contribution in [1.82, 2.24) is 14.1 Å². The van der Waals surface area contributed by atoms with Crippen LogP contribution in [0.4, 0.5) is 0 Å². The van der Waals surface area contributed by atoms with Crippen LogP contribution in [-0.4, -0.2) is 14.1 Å². The molecule has 0 unspecified atom stereocenters. The molecule has 9 aromatic carbocycles. The fraction of sp³-hybridized carbons (Fsp3) is 0.167. The molecule has 5 nitrogen and oxygen atoms in total. The summed E-state index contributed by atoms with van der Waals surface area (Å²) in [6, 6.07) is 58.2. The Kier molecular flexibility index (Phi) is 7.74. The largest absolute Gasteiger partial charge is 0.510 e. The Labute approximate surface area is 498 Å². The van der Waals surface area contributed by atoms with E-state index in [2.05, 4.69) is 80.2 Å². The van der Waals surface area contributed by atoms with Gasteiger partial charge in [0.2, 0.25) is 0 Å². The van der Waals surface area contributed by atoms with Gasteiger partial charge in [-0.3, -0.25) is 4.57 Å². The monoisotopic (exact) mass is 1210 g/mol. The third kappa shape index (κ3) is 8.08. The third-order valence-electron chi connectivity index (χ3n) is 14.7. The van der Waals surface area contributed by atoms with Gasteiger partial charge in [-0.25, -0.2) is 4.98 Å². The summed E-state index contributed by atoms with van der Waals surface area (Å²) in [5, 5.41) is 1.88. The molecule has 0 bridgehead atoms. The zero-order valence-electron chi connectivity index (χ0n) is 61.3. The maximum Gasteiger partial charge on any atom is 0.268 e. The second-order valence-corrected chi connectivity index (χ2v) is 20.7. The van der Waals surface area contributed by atoms with Crippen molar-refractivity contribution in [3.05, 3.63) is 235 Å². The van der Waals surface area contributed by atoms with Crippen molar-refractivity contribution >= 4 is 32.8 Å². The van der Waals surface area contributed by atoms with Gasteiger partial charge < -0.3 is 13.9 Å². The molecular formula is C72H58N4OPt-2. The molecule has 14 rings (SSSR count). The van der Waals surface area contributed by atoms with Crippen molar-refractivity contribution in [1.29, 1.82) is 0 Å². The maximum absolute atomic E-state index is 10.4. The van der Waals surface area contributed by atoms with E-state index in [4.69, 9.17) is 26.2 Å². The Bertz CT molecular complexity index is 5190. The second-order valence-electron chi connectivity index (χ2n) is 20.7. The van der Waals surface area contributed by atoms with E-state index < -0.39 is 85.8 Å². The fourth-order valence-corrected chi connectivity index (χ4v) is 11.0. The molecule has 0 amide bonds. The van der Waals surface area contributed by atoms with Crippen molar-refractivity contribution in [3.8, 4) is 84.3 Å². The molecule has 1 aliphatic carbocycles. The molecule has 384 valence electrons. The molecule has 0 fully saturated rings. The number of rotatable bonds is 6. The average Bonchev–Trinajstić information content (AvgIpc) is 1.13. The zero-order valence-corrected chi connectivity index (χ0v) is 44.6. The summed E-state index contributed by atoms with van der Waals surface area (Å²) in [6.07, 6.45) is -3.67. The second kappa shape index (κ2) is 18.5. The molecule has 0 N–H and O–H groups in total. The summed E-state index contributed by atoms with van der Waals surface area (Å²) in [6.45, 7) is -10.5. The molecule has 4 heterocycles. The number of imidazole rings is 1. The van der Waals surface area contributed by atoms with Gasteiger partial charge in [0.05, 0.1) is 20.8 Å². The van der Waals surface area contributed by atoms with Crippen molar-refractivity contribution in [2.75, 3.05) is 0 Å². The van der Waals surface area contributed by atoms with Gasteiger partial charge in [-0.15, -0.1) is 29.7 Å². The Balaban J connectivity index is 0.00000849. The normalized spacial score (nSPS) is 19.6. The average molecular weight is 1210 g/mol. The predicted molar refractivity (Wildman–Crippen MR) is 315 cm³/mol. The topological polar surface area (TPSA) is 35.9 Å². The quantitative estimate of drug-likeness (QED) is 0.123. The van der Waals surface area contributed by atoms with Crippen molar-refractivity contribution < 1.29 is 56.4 Å². The summed E-state index contributed by atoms with van der Waals surface area (Å²) >= 11 is 0. The SMILES string of the molecule is [2H]c1c([2H])c2c(c([2H])c1-c1cccc3c1-[n+]1[c-]n(-c4[c-]c(Oc5[c-]c6c(cc5)c5cc(-c7ccccc7)ccc5n6-c5cc(C(C)(C)C)ccn5)ccc4)c4cccc(c41)-c1ccccc1-c1ccccc1-3)C(C([2H])([2H])[2H])(C([2H])([2H])[2H])C([2H])([2H])C([2H])([2H])C2(C([2H])([2H])[2H])C([2H])([2H])[2H].[Pt]. The zero-order chi connectivity index (χ0) is 68.6. The maximum atomic E-state index is 10.4. The van der Waals surface area contributed by atoms with Gasteiger partial charge >= 0.3 is 0 Å². The van der Waals surface area contributed by atoms with Gasteiger partial charge in [0.15, 0.2) is 0 Å². The van der Waals surface area contributed by atoms with Crippen LogP contribution in [0.5, 0.6) is 11.5 Å². The number of ether oxygens (including phenoxy) is 1. The standard InChI is InChI=1S/C72H58N4O.Pt/c1-70(2,3)49-36-39-73-67(42-49)76-64-35-31-47(46-18-9-8-10-19-46)40-61(64)58-33-32-52(44-66(58)76)77-51-21-15-20-50(43-51)74-45-75-68-53(48-30-34-62-63(41-48)72(6,7)38-37-71(62,4)5)26-16-27-59(68)56-24-13-11-22-54(56)55-23-12-14-25-57(55)60-28-17-29-65(74)69(60)75;/h8-36,39-42H,37-38H2,1-7H3;/q-2;/i4D3,5D3,6D3,7D3,30D,34D,37D2,38D2,41D;. The van der Waals surface area contributed by atoms with Crippen LogP contribution in [0.2, 0.25) is 0 Å². The van der Waals surface area contributed by atoms with Crippen molar-refractivity contribution in [3.63, 3.8) is 0 Å². The first-order valence-electron chi connectivity index (χ1n) is 34.8. The predicted octanol–water partition coefficient (Wildman–Crippen LogP) is 17.9. The molecule has 6 heteroatoms. The van der Waals surface area contributed by atoms with Crippen LogP contribution >= 0.6 is 0 Å². The van der Waals surface area contributed by atoms with Crippen molar-refractivity contribution in [2.45, 2.75) is 77.2 Å². The molecule has 2 aliphatic rings. The van der Waals surface area contributed by atoms with Gasteiger partial charge in [0.1, 0.15) is 5.82 Å². The van der Waals surface area contributed by atoms with E-state index in [1.165, 1.54) is 6.07 Å². The Morgan fingerprint density at radius 1 is 0.590 bits per heavy atom. The van der Waals surface area contributed by atoms with E-state index in [0.29, 0.717) is 56.1 Å². The first-order valence-corrected chi connectivity index (χ1v) is 25.3. The summed E-state index contributed by atoms with van der Waals surface area (Å²) < 4.78 is 188. The number of aromatic nitrogens is 4. The minimum absolute atomic E-state index is 0. The molecule has 12 aromatic rings. The van der Waals surface area contributed by atoms with Crippen molar-refractivity contribution in [2.24, 2.45) is 0 Å². The van der Waals surface area contributed by atoms with E-state index in [-0.39, 0.29) is 43.5 Å². The van der Waals surface area contributed by atoms with E-state index in [9.17, 15) is 9.60 Å². The molecule has 1 aliphatic heterocycles. The smallest absolute Gasteiger partial charge is 0.268 e.